The molecule has 0 aliphatic heterocycles. The quantitative estimate of drug-likeness (QED) is 0.803. The Balaban J connectivity index is 1.98. The Morgan fingerprint density at radius 3 is 2.47 bits per heavy atom. The van der Waals surface area contributed by atoms with E-state index in [1.54, 1.807) is 0 Å². The highest BCUT2D eigenvalue weighted by Crippen LogP contribution is 2.27. The molecule has 1 fully saturated rings. The summed E-state index contributed by atoms with van der Waals surface area (Å²) in [6, 6.07) is 4.99. The summed E-state index contributed by atoms with van der Waals surface area (Å²) in [6.07, 6.45) is 5.20. The first-order valence-electron chi connectivity index (χ1n) is 7.27. The second-order valence-electron chi connectivity index (χ2n) is 5.58. The summed E-state index contributed by atoms with van der Waals surface area (Å²) in [4.78, 5) is 0. The summed E-state index contributed by atoms with van der Waals surface area (Å²) in [6.45, 7) is 7.40. The second kappa shape index (κ2) is 6.76. The molecule has 106 valence electrons. The van der Waals surface area contributed by atoms with Gasteiger partial charge in [0.05, 0.1) is 0 Å². The van der Waals surface area contributed by atoms with Crippen LogP contribution >= 0.6 is 15.9 Å². The van der Waals surface area contributed by atoms with Crippen LogP contribution in [0, 0.1) is 13.8 Å². The largest absolute Gasteiger partial charge is 0.489 e. The standard InChI is InChI=1S/C16H24BrNO/c1-4-5-14(10-18-13-6-7-13)19-15-8-11(2)16(17)12(3)9-15/h8-9,13-14,18H,4-7,10H2,1-3H3. The molecule has 0 spiro atoms. The van der Waals surface area contributed by atoms with E-state index in [-0.39, 0.29) is 6.10 Å². The van der Waals surface area contributed by atoms with Gasteiger partial charge in [0.2, 0.25) is 0 Å². The molecule has 1 aromatic rings. The average molecular weight is 326 g/mol. The highest BCUT2D eigenvalue weighted by molar-refractivity contribution is 9.10. The van der Waals surface area contributed by atoms with E-state index in [2.05, 4.69) is 54.2 Å². The fourth-order valence-electron chi connectivity index (χ4n) is 2.28. The second-order valence-corrected chi connectivity index (χ2v) is 6.38. The molecular weight excluding hydrogens is 302 g/mol. The van der Waals surface area contributed by atoms with Crippen molar-refractivity contribution in [3.63, 3.8) is 0 Å². The van der Waals surface area contributed by atoms with Crippen LogP contribution < -0.4 is 10.1 Å². The highest BCUT2D eigenvalue weighted by Gasteiger charge is 2.22. The van der Waals surface area contributed by atoms with E-state index >= 15 is 0 Å². The summed E-state index contributed by atoms with van der Waals surface area (Å²) in [5, 5.41) is 3.57. The van der Waals surface area contributed by atoms with Gasteiger partial charge in [0.15, 0.2) is 0 Å². The summed E-state index contributed by atoms with van der Waals surface area (Å²) >= 11 is 3.60. The van der Waals surface area contributed by atoms with Gasteiger partial charge in [-0.05, 0) is 56.4 Å². The zero-order valence-corrected chi connectivity index (χ0v) is 13.7. The smallest absolute Gasteiger partial charge is 0.120 e. The predicted octanol–water partition coefficient (Wildman–Crippen LogP) is 4.37. The summed E-state index contributed by atoms with van der Waals surface area (Å²) < 4.78 is 7.35. The first-order chi connectivity index (χ1) is 9.10. The predicted molar refractivity (Wildman–Crippen MR) is 84.0 cm³/mol. The molecule has 0 bridgehead atoms. The van der Waals surface area contributed by atoms with Crippen LogP contribution in [0.1, 0.15) is 43.7 Å². The summed E-state index contributed by atoms with van der Waals surface area (Å²) in [5.74, 6) is 0.995. The molecular formula is C16H24BrNO. The zero-order valence-electron chi connectivity index (χ0n) is 12.1. The summed E-state index contributed by atoms with van der Waals surface area (Å²) in [7, 11) is 0. The minimum atomic E-state index is 0.283. The highest BCUT2D eigenvalue weighted by atomic mass is 79.9. The molecule has 1 unspecified atom stereocenters. The first-order valence-corrected chi connectivity index (χ1v) is 8.06. The minimum Gasteiger partial charge on any atom is -0.489 e. The minimum absolute atomic E-state index is 0.283. The number of halogens is 1. The average Bonchev–Trinajstić information content (AvgIpc) is 3.17. The van der Waals surface area contributed by atoms with E-state index in [9.17, 15) is 0 Å². The molecule has 2 rings (SSSR count). The molecule has 0 saturated heterocycles. The van der Waals surface area contributed by atoms with Gasteiger partial charge >= 0.3 is 0 Å². The molecule has 0 heterocycles. The monoisotopic (exact) mass is 325 g/mol. The van der Waals surface area contributed by atoms with Crippen molar-refractivity contribution in [2.75, 3.05) is 6.54 Å². The molecule has 1 atom stereocenters. The molecule has 1 aliphatic rings. The molecule has 1 saturated carbocycles. The Kier molecular flexibility index (Phi) is 5.28. The molecule has 2 nitrogen and oxygen atoms in total. The molecule has 1 aliphatic carbocycles. The number of benzene rings is 1. The van der Waals surface area contributed by atoms with Gasteiger partial charge in [-0.3, -0.25) is 0 Å². The fraction of sp³-hybridized carbons (Fsp3) is 0.625. The van der Waals surface area contributed by atoms with E-state index in [0.29, 0.717) is 0 Å². The maximum Gasteiger partial charge on any atom is 0.120 e. The van der Waals surface area contributed by atoms with Gasteiger partial charge in [0, 0.05) is 17.1 Å². The lowest BCUT2D eigenvalue weighted by Crippen LogP contribution is -2.32. The molecule has 1 N–H and O–H groups in total. The van der Waals surface area contributed by atoms with Crippen molar-refractivity contribution in [1.29, 1.82) is 0 Å². The van der Waals surface area contributed by atoms with Crippen molar-refractivity contribution >= 4 is 15.9 Å². The van der Waals surface area contributed by atoms with Crippen molar-refractivity contribution in [3.05, 3.63) is 27.7 Å². The van der Waals surface area contributed by atoms with Gasteiger partial charge in [-0.25, -0.2) is 0 Å². The van der Waals surface area contributed by atoms with Crippen LogP contribution in [0.3, 0.4) is 0 Å². The van der Waals surface area contributed by atoms with Gasteiger partial charge < -0.3 is 10.1 Å². The fourth-order valence-corrected chi connectivity index (χ4v) is 2.51. The Morgan fingerprint density at radius 2 is 1.95 bits per heavy atom. The van der Waals surface area contributed by atoms with Gasteiger partial charge in [0.1, 0.15) is 11.9 Å². The van der Waals surface area contributed by atoms with Crippen molar-refractivity contribution in [1.82, 2.24) is 5.32 Å². The molecule has 1 aromatic carbocycles. The molecule has 19 heavy (non-hydrogen) atoms. The topological polar surface area (TPSA) is 21.3 Å². The van der Waals surface area contributed by atoms with Gasteiger partial charge in [-0.2, -0.15) is 0 Å². The van der Waals surface area contributed by atoms with Crippen LogP contribution in [-0.4, -0.2) is 18.7 Å². The molecule has 0 amide bonds. The van der Waals surface area contributed by atoms with Gasteiger partial charge in [-0.15, -0.1) is 0 Å². The van der Waals surface area contributed by atoms with Crippen molar-refractivity contribution in [3.8, 4) is 5.75 Å². The number of hydrogen-bond acceptors (Lipinski definition) is 2. The third-order valence-corrected chi connectivity index (χ3v) is 4.79. The lowest BCUT2D eigenvalue weighted by Gasteiger charge is -2.20. The number of hydrogen-bond donors (Lipinski definition) is 1. The third-order valence-electron chi connectivity index (χ3n) is 3.53. The number of rotatable bonds is 7. The molecule has 0 radical (unpaired) electrons. The number of aryl methyl sites for hydroxylation is 2. The van der Waals surface area contributed by atoms with Crippen molar-refractivity contribution < 1.29 is 4.74 Å². The third kappa shape index (κ3) is 4.50. The van der Waals surface area contributed by atoms with Crippen LogP contribution in [0.5, 0.6) is 5.75 Å². The van der Waals surface area contributed by atoms with Crippen LogP contribution in [-0.2, 0) is 0 Å². The van der Waals surface area contributed by atoms with Gasteiger partial charge in [-0.1, -0.05) is 29.3 Å². The van der Waals surface area contributed by atoms with Crippen LogP contribution in [0.25, 0.3) is 0 Å². The van der Waals surface area contributed by atoms with Crippen molar-refractivity contribution in [2.45, 2.75) is 58.6 Å². The lowest BCUT2D eigenvalue weighted by atomic mass is 10.1. The van der Waals surface area contributed by atoms with Crippen LogP contribution in [0.2, 0.25) is 0 Å². The van der Waals surface area contributed by atoms with E-state index in [0.717, 1.165) is 31.2 Å². The van der Waals surface area contributed by atoms with Crippen LogP contribution in [0.15, 0.2) is 16.6 Å². The molecule has 3 heteroatoms. The lowest BCUT2D eigenvalue weighted by molar-refractivity contribution is 0.185. The Hall–Kier alpha value is -0.540. The Morgan fingerprint density at radius 1 is 1.32 bits per heavy atom. The van der Waals surface area contributed by atoms with E-state index in [1.807, 2.05) is 0 Å². The molecule has 0 aromatic heterocycles. The summed E-state index contributed by atoms with van der Waals surface area (Å²) in [5.41, 5.74) is 2.47. The Labute approximate surface area is 125 Å². The number of ether oxygens (including phenoxy) is 1. The SMILES string of the molecule is CCCC(CNC1CC1)Oc1cc(C)c(Br)c(C)c1. The van der Waals surface area contributed by atoms with E-state index in [1.165, 1.54) is 28.4 Å². The van der Waals surface area contributed by atoms with Crippen LogP contribution in [0.4, 0.5) is 0 Å². The number of nitrogens with one attached hydrogen (secondary N) is 1. The normalized spacial score (nSPS) is 16.4. The van der Waals surface area contributed by atoms with Gasteiger partial charge in [0.25, 0.3) is 0 Å². The maximum absolute atomic E-state index is 6.17. The maximum atomic E-state index is 6.17. The van der Waals surface area contributed by atoms with E-state index < -0.39 is 0 Å². The van der Waals surface area contributed by atoms with Crippen molar-refractivity contribution in [2.24, 2.45) is 0 Å². The Bertz CT molecular complexity index is 406. The van der Waals surface area contributed by atoms with E-state index in [4.69, 9.17) is 4.74 Å². The first kappa shape index (κ1) is 14.9. The zero-order chi connectivity index (χ0) is 13.8.